The maximum Gasteiger partial charge on any atom is 0.0667 e. The highest BCUT2D eigenvalue weighted by molar-refractivity contribution is 7.99. The van der Waals surface area contributed by atoms with Crippen LogP contribution in [0.15, 0.2) is 0 Å². The SMILES string of the molecule is OC(CNC1CCSCC1)CC1CCCC1. The van der Waals surface area contributed by atoms with Crippen LogP contribution in [0, 0.1) is 5.92 Å². The molecule has 0 spiro atoms. The van der Waals surface area contributed by atoms with E-state index in [1.165, 1.54) is 50.0 Å². The molecule has 94 valence electrons. The molecule has 2 aliphatic rings. The molecule has 3 heteroatoms. The smallest absolute Gasteiger partial charge is 0.0667 e. The summed E-state index contributed by atoms with van der Waals surface area (Å²) in [7, 11) is 0. The van der Waals surface area contributed by atoms with Gasteiger partial charge in [0.1, 0.15) is 0 Å². The van der Waals surface area contributed by atoms with Gasteiger partial charge in [-0.3, -0.25) is 0 Å². The number of rotatable bonds is 5. The predicted molar refractivity (Wildman–Crippen MR) is 70.9 cm³/mol. The Bertz CT molecular complexity index is 188. The van der Waals surface area contributed by atoms with E-state index in [1.807, 2.05) is 0 Å². The Balaban J connectivity index is 1.57. The average Bonchev–Trinajstić information content (AvgIpc) is 2.81. The van der Waals surface area contributed by atoms with E-state index in [9.17, 15) is 5.11 Å². The molecular formula is C13H25NOS. The summed E-state index contributed by atoms with van der Waals surface area (Å²) < 4.78 is 0. The largest absolute Gasteiger partial charge is 0.392 e. The summed E-state index contributed by atoms with van der Waals surface area (Å²) in [6.45, 7) is 0.811. The van der Waals surface area contributed by atoms with Gasteiger partial charge in [-0.2, -0.15) is 11.8 Å². The molecule has 0 aromatic carbocycles. The van der Waals surface area contributed by atoms with Gasteiger partial charge in [0.05, 0.1) is 6.10 Å². The first-order chi connectivity index (χ1) is 7.84. The van der Waals surface area contributed by atoms with E-state index < -0.39 is 0 Å². The van der Waals surface area contributed by atoms with E-state index in [-0.39, 0.29) is 6.10 Å². The number of nitrogens with one attached hydrogen (secondary N) is 1. The summed E-state index contributed by atoms with van der Waals surface area (Å²) >= 11 is 2.06. The lowest BCUT2D eigenvalue weighted by Gasteiger charge is -2.24. The molecule has 16 heavy (non-hydrogen) atoms. The molecule has 2 fully saturated rings. The van der Waals surface area contributed by atoms with Gasteiger partial charge in [0, 0.05) is 12.6 Å². The zero-order valence-corrected chi connectivity index (χ0v) is 11.0. The monoisotopic (exact) mass is 243 g/mol. The molecule has 0 aromatic heterocycles. The quantitative estimate of drug-likeness (QED) is 0.778. The second kappa shape index (κ2) is 6.87. The number of thioether (sulfide) groups is 1. The lowest BCUT2D eigenvalue weighted by molar-refractivity contribution is 0.136. The fourth-order valence-electron chi connectivity index (χ4n) is 2.92. The second-order valence-electron chi connectivity index (χ2n) is 5.33. The first kappa shape index (κ1) is 12.7. The van der Waals surface area contributed by atoms with Gasteiger partial charge < -0.3 is 10.4 Å². The van der Waals surface area contributed by atoms with E-state index in [1.54, 1.807) is 0 Å². The third kappa shape index (κ3) is 4.27. The van der Waals surface area contributed by atoms with Crippen LogP contribution in [0.3, 0.4) is 0 Å². The van der Waals surface area contributed by atoms with Crippen LogP contribution in [-0.4, -0.2) is 35.3 Å². The zero-order chi connectivity index (χ0) is 11.2. The minimum atomic E-state index is -0.113. The summed E-state index contributed by atoms with van der Waals surface area (Å²) in [6.07, 6.45) is 8.91. The Hall–Kier alpha value is 0.270. The van der Waals surface area contributed by atoms with Crippen LogP contribution >= 0.6 is 11.8 Å². The molecule has 1 atom stereocenters. The van der Waals surface area contributed by atoms with Crippen LogP contribution in [-0.2, 0) is 0 Å². The molecule has 2 N–H and O–H groups in total. The van der Waals surface area contributed by atoms with Crippen molar-refractivity contribution >= 4 is 11.8 Å². The van der Waals surface area contributed by atoms with Crippen LogP contribution in [0.2, 0.25) is 0 Å². The van der Waals surface area contributed by atoms with E-state index in [0.29, 0.717) is 6.04 Å². The van der Waals surface area contributed by atoms with Gasteiger partial charge in [-0.15, -0.1) is 0 Å². The fourth-order valence-corrected chi connectivity index (χ4v) is 4.03. The molecule has 1 saturated heterocycles. The highest BCUT2D eigenvalue weighted by Gasteiger charge is 2.20. The first-order valence-electron chi connectivity index (χ1n) is 6.84. The van der Waals surface area contributed by atoms with Gasteiger partial charge in [-0.25, -0.2) is 0 Å². The van der Waals surface area contributed by atoms with Crippen molar-refractivity contribution in [3.63, 3.8) is 0 Å². The molecule has 0 radical (unpaired) electrons. The lowest BCUT2D eigenvalue weighted by atomic mass is 10.00. The van der Waals surface area contributed by atoms with E-state index >= 15 is 0 Å². The fraction of sp³-hybridized carbons (Fsp3) is 1.00. The van der Waals surface area contributed by atoms with Crippen molar-refractivity contribution in [2.75, 3.05) is 18.1 Å². The summed E-state index contributed by atoms with van der Waals surface area (Å²) in [6, 6.07) is 0.666. The zero-order valence-electron chi connectivity index (χ0n) is 10.2. The Morgan fingerprint density at radius 3 is 2.50 bits per heavy atom. The number of hydrogen-bond acceptors (Lipinski definition) is 3. The van der Waals surface area contributed by atoms with Gasteiger partial charge in [0.15, 0.2) is 0 Å². The maximum absolute atomic E-state index is 9.97. The van der Waals surface area contributed by atoms with Crippen molar-refractivity contribution in [2.24, 2.45) is 5.92 Å². The van der Waals surface area contributed by atoms with Crippen LogP contribution in [0.5, 0.6) is 0 Å². The standard InChI is InChI=1S/C13H25NOS/c15-13(9-11-3-1-2-4-11)10-14-12-5-7-16-8-6-12/h11-15H,1-10H2. The molecule has 2 rings (SSSR count). The molecule has 0 amide bonds. The Morgan fingerprint density at radius 1 is 1.12 bits per heavy atom. The van der Waals surface area contributed by atoms with Crippen molar-refractivity contribution < 1.29 is 5.11 Å². The minimum absolute atomic E-state index is 0.113. The summed E-state index contributed by atoms with van der Waals surface area (Å²) in [5, 5.41) is 13.5. The van der Waals surface area contributed by atoms with Gasteiger partial charge in [-0.1, -0.05) is 25.7 Å². The van der Waals surface area contributed by atoms with Gasteiger partial charge in [0.2, 0.25) is 0 Å². The normalized spacial score (nSPS) is 26.1. The summed E-state index contributed by atoms with van der Waals surface area (Å²) in [5.41, 5.74) is 0. The number of hydrogen-bond donors (Lipinski definition) is 2. The molecule has 1 aliphatic heterocycles. The molecule has 0 bridgehead atoms. The van der Waals surface area contributed by atoms with Crippen molar-refractivity contribution in [3.05, 3.63) is 0 Å². The first-order valence-corrected chi connectivity index (χ1v) is 7.99. The van der Waals surface area contributed by atoms with Gasteiger partial charge >= 0.3 is 0 Å². The van der Waals surface area contributed by atoms with E-state index in [2.05, 4.69) is 17.1 Å². The van der Waals surface area contributed by atoms with E-state index in [0.717, 1.165) is 18.9 Å². The van der Waals surface area contributed by atoms with Gasteiger partial charge in [0.25, 0.3) is 0 Å². The Kier molecular flexibility index (Phi) is 5.46. The number of aliphatic hydroxyl groups excluding tert-OH is 1. The van der Waals surface area contributed by atoms with Crippen molar-refractivity contribution in [1.82, 2.24) is 5.32 Å². The van der Waals surface area contributed by atoms with Crippen molar-refractivity contribution in [2.45, 2.75) is 57.1 Å². The molecule has 1 heterocycles. The molecule has 1 saturated carbocycles. The van der Waals surface area contributed by atoms with Crippen LogP contribution in [0.25, 0.3) is 0 Å². The minimum Gasteiger partial charge on any atom is -0.392 e. The third-order valence-electron chi connectivity index (χ3n) is 3.94. The van der Waals surface area contributed by atoms with Gasteiger partial charge in [-0.05, 0) is 36.7 Å². The highest BCUT2D eigenvalue weighted by atomic mass is 32.2. The molecule has 1 aliphatic carbocycles. The van der Waals surface area contributed by atoms with Crippen molar-refractivity contribution in [3.8, 4) is 0 Å². The molecular weight excluding hydrogens is 218 g/mol. The van der Waals surface area contributed by atoms with Crippen LogP contribution < -0.4 is 5.32 Å². The lowest BCUT2D eigenvalue weighted by Crippen LogP contribution is -2.38. The molecule has 1 unspecified atom stereocenters. The van der Waals surface area contributed by atoms with E-state index in [4.69, 9.17) is 0 Å². The van der Waals surface area contributed by atoms with Crippen LogP contribution in [0.1, 0.15) is 44.9 Å². The van der Waals surface area contributed by atoms with Crippen LogP contribution in [0.4, 0.5) is 0 Å². The Labute approximate surface area is 104 Å². The molecule has 2 nitrogen and oxygen atoms in total. The second-order valence-corrected chi connectivity index (χ2v) is 6.56. The maximum atomic E-state index is 9.97. The number of aliphatic hydroxyl groups is 1. The Morgan fingerprint density at radius 2 is 1.81 bits per heavy atom. The topological polar surface area (TPSA) is 32.3 Å². The average molecular weight is 243 g/mol. The summed E-state index contributed by atoms with van der Waals surface area (Å²) in [4.78, 5) is 0. The summed E-state index contributed by atoms with van der Waals surface area (Å²) in [5.74, 6) is 3.38. The third-order valence-corrected chi connectivity index (χ3v) is 4.99. The predicted octanol–water partition coefficient (Wildman–Crippen LogP) is 2.41. The molecule has 0 aromatic rings. The highest BCUT2D eigenvalue weighted by Crippen LogP contribution is 2.28. The van der Waals surface area contributed by atoms with Crippen molar-refractivity contribution in [1.29, 1.82) is 0 Å².